The lowest BCUT2D eigenvalue weighted by Crippen LogP contribution is -2.26. The van der Waals surface area contributed by atoms with Gasteiger partial charge in [-0.05, 0) is 55.8 Å². The molecule has 1 N–H and O–H groups in total. The molecule has 1 fully saturated rings. The molecule has 1 unspecified atom stereocenters. The van der Waals surface area contributed by atoms with E-state index < -0.39 is 0 Å². The van der Waals surface area contributed by atoms with E-state index in [-0.39, 0.29) is 12.0 Å². The highest BCUT2D eigenvalue weighted by Crippen LogP contribution is 2.31. The molecule has 33 heavy (non-hydrogen) atoms. The van der Waals surface area contributed by atoms with Crippen LogP contribution in [0.1, 0.15) is 35.3 Å². The number of nitrogens with zero attached hydrogens (tertiary/aromatic N) is 3. The van der Waals surface area contributed by atoms with E-state index in [0.717, 1.165) is 47.5 Å². The molecule has 7 nitrogen and oxygen atoms in total. The Morgan fingerprint density at radius 1 is 1.27 bits per heavy atom. The van der Waals surface area contributed by atoms with Crippen molar-refractivity contribution in [2.75, 3.05) is 18.5 Å². The normalized spacial score (nSPS) is 16.1. The molecule has 4 aromatic rings. The van der Waals surface area contributed by atoms with Crippen LogP contribution in [0, 0.1) is 6.92 Å². The number of carbonyl (C=O) groups excluding carboxylic acids is 1. The predicted octanol–water partition coefficient (Wildman–Crippen LogP) is 5.21. The van der Waals surface area contributed by atoms with Gasteiger partial charge in [0.1, 0.15) is 12.4 Å². The molecule has 0 radical (unpaired) electrons. The van der Waals surface area contributed by atoms with Crippen molar-refractivity contribution in [3.63, 3.8) is 0 Å². The summed E-state index contributed by atoms with van der Waals surface area (Å²) in [4.78, 5) is 19.3. The lowest BCUT2D eigenvalue weighted by Gasteiger charge is -2.23. The van der Waals surface area contributed by atoms with Crippen molar-refractivity contribution in [3.8, 4) is 16.3 Å². The van der Waals surface area contributed by atoms with Crippen molar-refractivity contribution >= 4 is 34.0 Å². The summed E-state index contributed by atoms with van der Waals surface area (Å²) >= 11 is 1.59. The van der Waals surface area contributed by atoms with Crippen LogP contribution in [0.5, 0.6) is 5.75 Å². The molecule has 0 aliphatic carbocycles. The van der Waals surface area contributed by atoms with Crippen LogP contribution >= 0.6 is 11.3 Å². The fourth-order valence-electron chi connectivity index (χ4n) is 4.18. The second-order valence-electron chi connectivity index (χ2n) is 8.19. The predicted molar refractivity (Wildman–Crippen MR) is 130 cm³/mol. The smallest absolute Gasteiger partial charge is 0.256 e. The Kier molecular flexibility index (Phi) is 6.11. The molecule has 5 rings (SSSR count). The van der Waals surface area contributed by atoms with Crippen LogP contribution in [0.4, 0.5) is 5.69 Å². The largest absolute Gasteiger partial charge is 0.489 e. The highest BCUT2D eigenvalue weighted by Gasteiger charge is 2.21. The molecular weight excluding hydrogens is 436 g/mol. The maximum atomic E-state index is 13.5. The Labute approximate surface area is 196 Å². The average molecular weight is 463 g/mol. The van der Waals surface area contributed by atoms with Gasteiger partial charge in [0.15, 0.2) is 5.65 Å². The first-order valence-corrected chi connectivity index (χ1v) is 12.0. The number of fused-ring (bicyclic) bond motifs is 1. The minimum atomic E-state index is -0.221. The summed E-state index contributed by atoms with van der Waals surface area (Å²) in [5.41, 5.74) is 3.37. The minimum Gasteiger partial charge on any atom is -0.489 e. The zero-order valence-corrected chi connectivity index (χ0v) is 19.5. The highest BCUT2D eigenvalue weighted by molar-refractivity contribution is 7.13. The molecular formula is C25H26N4O3S. The zero-order chi connectivity index (χ0) is 22.8. The third kappa shape index (κ3) is 4.49. The number of aromatic nitrogens is 3. The van der Waals surface area contributed by atoms with Gasteiger partial charge < -0.3 is 14.8 Å². The fourth-order valence-corrected chi connectivity index (χ4v) is 4.87. The Morgan fingerprint density at radius 2 is 2.15 bits per heavy atom. The quantitative estimate of drug-likeness (QED) is 0.426. The number of thiophene rings is 1. The summed E-state index contributed by atoms with van der Waals surface area (Å²) in [5.74, 6) is 0.410. The molecule has 1 atom stereocenters. The molecule has 1 saturated heterocycles. The summed E-state index contributed by atoms with van der Waals surface area (Å²) in [6.07, 6.45) is 3.34. The van der Waals surface area contributed by atoms with E-state index in [4.69, 9.17) is 14.5 Å². The Hall–Kier alpha value is -3.23. The van der Waals surface area contributed by atoms with Crippen LogP contribution in [0.25, 0.3) is 21.6 Å². The van der Waals surface area contributed by atoms with Crippen LogP contribution in [0.2, 0.25) is 0 Å². The molecule has 4 heterocycles. The summed E-state index contributed by atoms with van der Waals surface area (Å²) in [5, 5.41) is 10.3. The number of ether oxygens (including phenoxy) is 2. The van der Waals surface area contributed by atoms with Gasteiger partial charge in [-0.1, -0.05) is 18.2 Å². The van der Waals surface area contributed by atoms with Gasteiger partial charge in [0.25, 0.3) is 5.91 Å². The van der Waals surface area contributed by atoms with E-state index in [1.54, 1.807) is 16.0 Å². The Bertz CT molecular complexity index is 1280. The number of hydrogen-bond acceptors (Lipinski definition) is 6. The van der Waals surface area contributed by atoms with Gasteiger partial charge in [0, 0.05) is 13.7 Å². The van der Waals surface area contributed by atoms with E-state index in [9.17, 15) is 4.79 Å². The number of benzene rings is 1. The van der Waals surface area contributed by atoms with Crippen molar-refractivity contribution in [2.45, 2.75) is 32.3 Å². The molecule has 0 bridgehead atoms. The monoisotopic (exact) mass is 462 g/mol. The van der Waals surface area contributed by atoms with Gasteiger partial charge in [-0.3, -0.25) is 9.48 Å². The lowest BCUT2D eigenvalue weighted by atomic mass is 10.1. The van der Waals surface area contributed by atoms with Crippen LogP contribution in [0.3, 0.4) is 0 Å². The highest BCUT2D eigenvalue weighted by atomic mass is 32.1. The SMILES string of the molecule is Cc1nn(C)c2nc(-c3cccs3)cc(C(=O)Nc3ccccc3OCC3CCCCO3)c12. The maximum Gasteiger partial charge on any atom is 0.256 e. The molecule has 1 aliphatic heterocycles. The topological polar surface area (TPSA) is 78.3 Å². The third-order valence-corrected chi connectivity index (χ3v) is 6.71. The number of anilines is 1. The van der Waals surface area contributed by atoms with Crippen molar-refractivity contribution in [1.82, 2.24) is 14.8 Å². The van der Waals surface area contributed by atoms with E-state index in [0.29, 0.717) is 29.3 Å². The first kappa shape index (κ1) is 21.6. The van der Waals surface area contributed by atoms with Crippen molar-refractivity contribution in [3.05, 3.63) is 59.1 Å². The second kappa shape index (κ2) is 9.33. The number of nitrogens with one attached hydrogen (secondary N) is 1. The van der Waals surface area contributed by atoms with E-state index in [2.05, 4.69) is 10.4 Å². The molecule has 1 aromatic carbocycles. The van der Waals surface area contributed by atoms with E-state index >= 15 is 0 Å². The first-order chi connectivity index (χ1) is 16.1. The van der Waals surface area contributed by atoms with Crippen LogP contribution in [0.15, 0.2) is 47.8 Å². The van der Waals surface area contributed by atoms with Gasteiger partial charge in [-0.25, -0.2) is 4.98 Å². The summed E-state index contributed by atoms with van der Waals surface area (Å²) in [6.45, 7) is 3.14. The minimum absolute atomic E-state index is 0.0914. The molecule has 3 aromatic heterocycles. The number of hydrogen-bond donors (Lipinski definition) is 1. The number of carbonyl (C=O) groups is 1. The van der Waals surface area contributed by atoms with E-state index in [1.807, 2.05) is 61.8 Å². The van der Waals surface area contributed by atoms with Crippen molar-refractivity contribution in [1.29, 1.82) is 0 Å². The van der Waals surface area contributed by atoms with Crippen LogP contribution in [-0.2, 0) is 11.8 Å². The number of para-hydroxylation sites is 2. The molecule has 8 heteroatoms. The molecule has 1 aliphatic rings. The van der Waals surface area contributed by atoms with E-state index in [1.165, 1.54) is 0 Å². The van der Waals surface area contributed by atoms with Gasteiger partial charge in [-0.15, -0.1) is 11.3 Å². The van der Waals surface area contributed by atoms with Gasteiger partial charge >= 0.3 is 0 Å². The van der Waals surface area contributed by atoms with Gasteiger partial charge in [-0.2, -0.15) is 5.10 Å². The summed E-state index contributed by atoms with van der Waals surface area (Å²) in [6, 6.07) is 13.3. The molecule has 0 spiro atoms. The maximum absolute atomic E-state index is 13.5. The summed E-state index contributed by atoms with van der Waals surface area (Å²) < 4.78 is 13.5. The standard InChI is InChI=1S/C25H26N4O3S/c1-16-23-18(14-20(22-11-7-13-33-22)26-24(23)29(2)28-16)25(30)27-19-9-3-4-10-21(19)32-15-17-8-5-6-12-31-17/h3-4,7,9-11,13-14,17H,5-6,8,12,15H2,1-2H3,(H,27,30). The number of aryl methyl sites for hydroxylation is 2. The lowest BCUT2D eigenvalue weighted by molar-refractivity contribution is -0.0109. The number of pyridine rings is 1. The van der Waals surface area contributed by atoms with Crippen LogP contribution < -0.4 is 10.1 Å². The average Bonchev–Trinajstić information content (AvgIpc) is 3.47. The summed E-state index contributed by atoms with van der Waals surface area (Å²) in [7, 11) is 1.85. The van der Waals surface area contributed by atoms with Crippen molar-refractivity contribution < 1.29 is 14.3 Å². The molecule has 0 saturated carbocycles. The van der Waals surface area contributed by atoms with Crippen LogP contribution in [-0.4, -0.2) is 40.0 Å². The molecule has 1 amide bonds. The third-order valence-electron chi connectivity index (χ3n) is 5.82. The van der Waals surface area contributed by atoms with Gasteiger partial charge in [0.05, 0.1) is 39.0 Å². The number of rotatable bonds is 6. The zero-order valence-electron chi connectivity index (χ0n) is 18.7. The molecule has 170 valence electrons. The first-order valence-electron chi connectivity index (χ1n) is 11.1. The second-order valence-corrected chi connectivity index (χ2v) is 9.14. The fraction of sp³-hybridized carbons (Fsp3) is 0.320. The van der Waals surface area contributed by atoms with Crippen molar-refractivity contribution in [2.24, 2.45) is 7.05 Å². The Morgan fingerprint density at radius 3 is 2.94 bits per heavy atom. The van der Waals surface area contributed by atoms with Gasteiger partial charge in [0.2, 0.25) is 0 Å². The Balaban J connectivity index is 1.45. The number of amides is 1.